The average Bonchev–Trinajstić information content (AvgIpc) is 3.27. The van der Waals surface area contributed by atoms with Crippen LogP contribution in [0.4, 0.5) is 16.3 Å². The van der Waals surface area contributed by atoms with Crippen LogP contribution in [0, 0.1) is 13.8 Å². The van der Waals surface area contributed by atoms with E-state index in [4.69, 9.17) is 14.6 Å². The van der Waals surface area contributed by atoms with Gasteiger partial charge in [-0.15, -0.1) is 5.10 Å². The van der Waals surface area contributed by atoms with Crippen LogP contribution in [0.5, 0.6) is 11.5 Å². The number of hydrogen-bond donors (Lipinski definition) is 1. The van der Waals surface area contributed by atoms with E-state index < -0.39 is 0 Å². The van der Waals surface area contributed by atoms with E-state index in [0.29, 0.717) is 56.6 Å². The van der Waals surface area contributed by atoms with Gasteiger partial charge in [0.15, 0.2) is 17.3 Å². The minimum absolute atomic E-state index is 0.143. The van der Waals surface area contributed by atoms with Gasteiger partial charge in [-0.25, -0.2) is 9.48 Å². The van der Waals surface area contributed by atoms with Crippen molar-refractivity contribution in [1.82, 2.24) is 24.9 Å². The maximum Gasteiger partial charge on any atom is 0.321 e. The van der Waals surface area contributed by atoms with E-state index in [9.17, 15) is 4.79 Å². The molecule has 2 aliphatic rings. The number of carbonyl (C=O) groups is 1. The maximum atomic E-state index is 12.9. The number of urea groups is 1. The van der Waals surface area contributed by atoms with Crippen molar-refractivity contribution in [2.75, 3.05) is 49.6 Å². The van der Waals surface area contributed by atoms with Gasteiger partial charge in [0.1, 0.15) is 18.7 Å². The Balaban J connectivity index is 1.18. The fraction of sp³-hybridized carbons (Fsp3) is 0.308. The van der Waals surface area contributed by atoms with Crippen LogP contribution < -0.4 is 19.7 Å². The van der Waals surface area contributed by atoms with Crippen LogP contribution in [-0.2, 0) is 0 Å². The van der Waals surface area contributed by atoms with Crippen molar-refractivity contribution in [2.24, 2.45) is 0 Å². The summed E-state index contributed by atoms with van der Waals surface area (Å²) in [6, 6.07) is 15.4. The second-order valence-electron chi connectivity index (χ2n) is 8.93. The van der Waals surface area contributed by atoms with E-state index in [0.717, 1.165) is 33.8 Å². The summed E-state index contributed by atoms with van der Waals surface area (Å²) in [6.07, 6.45) is 0. The van der Waals surface area contributed by atoms with Crippen LogP contribution in [-0.4, -0.2) is 70.3 Å². The quantitative estimate of drug-likeness (QED) is 0.474. The maximum absolute atomic E-state index is 12.9. The highest BCUT2D eigenvalue weighted by Crippen LogP contribution is 2.33. The van der Waals surface area contributed by atoms with Crippen LogP contribution in [0.15, 0.2) is 48.5 Å². The molecule has 0 atom stereocenters. The molecule has 36 heavy (non-hydrogen) atoms. The van der Waals surface area contributed by atoms with Crippen molar-refractivity contribution >= 4 is 28.4 Å². The molecule has 2 aromatic carbocycles. The minimum Gasteiger partial charge on any atom is -0.486 e. The van der Waals surface area contributed by atoms with Gasteiger partial charge in [-0.2, -0.15) is 10.2 Å². The lowest BCUT2D eigenvalue weighted by Crippen LogP contribution is -2.50. The van der Waals surface area contributed by atoms with Gasteiger partial charge in [0.05, 0.1) is 22.5 Å². The predicted molar refractivity (Wildman–Crippen MR) is 136 cm³/mol. The van der Waals surface area contributed by atoms with Gasteiger partial charge in [0.25, 0.3) is 0 Å². The van der Waals surface area contributed by atoms with E-state index in [1.54, 1.807) is 11.0 Å². The summed E-state index contributed by atoms with van der Waals surface area (Å²) in [7, 11) is 0. The molecule has 0 saturated carbocycles. The molecule has 0 unspecified atom stereocenters. The third-order valence-electron chi connectivity index (χ3n) is 6.65. The summed E-state index contributed by atoms with van der Waals surface area (Å²) in [5.41, 5.74) is 4.39. The SMILES string of the molecule is Cc1nnc(N2CCN(C(=O)Nc3ccc4c(c3)OCCO4)CC2)c2nn(-c3ccccc3)c(C)c12. The number of ether oxygens (including phenoxy) is 2. The van der Waals surface area contributed by atoms with Crippen molar-refractivity contribution < 1.29 is 14.3 Å². The zero-order valence-electron chi connectivity index (χ0n) is 20.3. The van der Waals surface area contributed by atoms with Crippen LogP contribution in [0.3, 0.4) is 0 Å². The first-order valence-corrected chi connectivity index (χ1v) is 12.1. The number of nitrogens with one attached hydrogen (secondary N) is 1. The van der Waals surface area contributed by atoms with Gasteiger partial charge in [-0.1, -0.05) is 18.2 Å². The molecule has 1 fully saturated rings. The van der Waals surface area contributed by atoms with Crippen molar-refractivity contribution in [3.05, 3.63) is 59.9 Å². The van der Waals surface area contributed by atoms with Crippen molar-refractivity contribution in [2.45, 2.75) is 13.8 Å². The number of benzene rings is 2. The second kappa shape index (κ2) is 9.03. The number of carbonyl (C=O) groups excluding carboxylic acids is 1. The number of aromatic nitrogens is 4. The number of anilines is 2. The molecule has 2 aliphatic heterocycles. The molecule has 4 aromatic rings. The van der Waals surface area contributed by atoms with Crippen LogP contribution in [0.1, 0.15) is 11.4 Å². The number of piperazine rings is 1. The van der Waals surface area contributed by atoms with Gasteiger partial charge >= 0.3 is 6.03 Å². The van der Waals surface area contributed by atoms with Gasteiger partial charge in [-0.05, 0) is 38.1 Å². The van der Waals surface area contributed by atoms with Gasteiger partial charge in [0.2, 0.25) is 0 Å². The molecule has 2 amide bonds. The van der Waals surface area contributed by atoms with Crippen molar-refractivity contribution in [3.8, 4) is 17.2 Å². The first-order chi connectivity index (χ1) is 17.6. The van der Waals surface area contributed by atoms with Gasteiger partial charge in [-0.3, -0.25) is 0 Å². The molecule has 184 valence electrons. The summed E-state index contributed by atoms with van der Waals surface area (Å²) in [6.45, 7) is 7.45. The monoisotopic (exact) mass is 485 g/mol. The number of hydrogen-bond acceptors (Lipinski definition) is 7. The Hall–Kier alpha value is -4.34. The number of amides is 2. The van der Waals surface area contributed by atoms with Gasteiger partial charge < -0.3 is 24.6 Å². The molecule has 2 aromatic heterocycles. The molecule has 1 saturated heterocycles. The number of nitrogens with zero attached hydrogens (tertiary/aromatic N) is 6. The summed E-state index contributed by atoms with van der Waals surface area (Å²) in [5, 5.41) is 17.9. The Bertz CT molecular complexity index is 1430. The highest BCUT2D eigenvalue weighted by molar-refractivity contribution is 5.93. The Labute approximate surface area is 208 Å². The molecule has 4 heterocycles. The zero-order valence-corrected chi connectivity index (χ0v) is 20.3. The number of aryl methyl sites for hydroxylation is 2. The topological polar surface area (TPSA) is 97.6 Å². The van der Waals surface area contributed by atoms with Crippen molar-refractivity contribution in [1.29, 1.82) is 0 Å². The molecule has 6 rings (SSSR count). The van der Waals surface area contributed by atoms with E-state index in [1.807, 2.05) is 54.1 Å². The molecule has 0 spiro atoms. The highest BCUT2D eigenvalue weighted by Gasteiger charge is 2.26. The highest BCUT2D eigenvalue weighted by atomic mass is 16.6. The minimum atomic E-state index is -0.143. The predicted octanol–water partition coefficient (Wildman–Crippen LogP) is 3.56. The zero-order chi connectivity index (χ0) is 24.6. The Kier molecular flexibility index (Phi) is 5.55. The third kappa shape index (κ3) is 3.94. The lowest BCUT2D eigenvalue weighted by atomic mass is 10.2. The first kappa shape index (κ1) is 22.1. The molecule has 0 radical (unpaired) electrons. The number of rotatable bonds is 3. The summed E-state index contributed by atoms with van der Waals surface area (Å²) in [5.74, 6) is 2.10. The van der Waals surface area contributed by atoms with E-state index in [2.05, 4.69) is 27.3 Å². The summed E-state index contributed by atoms with van der Waals surface area (Å²) in [4.78, 5) is 16.9. The molecule has 10 nitrogen and oxygen atoms in total. The van der Waals surface area contributed by atoms with Crippen LogP contribution >= 0.6 is 0 Å². The lowest BCUT2D eigenvalue weighted by molar-refractivity contribution is 0.171. The average molecular weight is 486 g/mol. The van der Waals surface area contributed by atoms with E-state index in [1.165, 1.54) is 0 Å². The largest absolute Gasteiger partial charge is 0.486 e. The van der Waals surface area contributed by atoms with Crippen LogP contribution in [0.2, 0.25) is 0 Å². The van der Waals surface area contributed by atoms with E-state index in [-0.39, 0.29) is 6.03 Å². The Morgan fingerprint density at radius 3 is 2.44 bits per heavy atom. The van der Waals surface area contributed by atoms with E-state index >= 15 is 0 Å². The molecular weight excluding hydrogens is 458 g/mol. The first-order valence-electron chi connectivity index (χ1n) is 12.1. The summed E-state index contributed by atoms with van der Waals surface area (Å²) < 4.78 is 13.1. The molecule has 0 bridgehead atoms. The Morgan fingerprint density at radius 1 is 0.917 bits per heavy atom. The molecule has 10 heteroatoms. The van der Waals surface area contributed by atoms with Gasteiger partial charge in [0, 0.05) is 37.9 Å². The molecule has 0 aliphatic carbocycles. The molecular formula is C26H27N7O3. The second-order valence-corrected chi connectivity index (χ2v) is 8.93. The fourth-order valence-electron chi connectivity index (χ4n) is 4.79. The number of para-hydroxylation sites is 1. The lowest BCUT2D eigenvalue weighted by Gasteiger charge is -2.35. The Morgan fingerprint density at radius 2 is 1.67 bits per heavy atom. The summed E-state index contributed by atoms with van der Waals surface area (Å²) >= 11 is 0. The fourth-order valence-corrected chi connectivity index (χ4v) is 4.79. The van der Waals surface area contributed by atoms with Crippen molar-refractivity contribution in [3.63, 3.8) is 0 Å². The normalized spacial score (nSPS) is 15.3. The van der Waals surface area contributed by atoms with Crippen LogP contribution in [0.25, 0.3) is 16.6 Å². The molecule has 1 N–H and O–H groups in total. The smallest absolute Gasteiger partial charge is 0.321 e. The third-order valence-corrected chi connectivity index (χ3v) is 6.65. The number of fused-ring (bicyclic) bond motifs is 2. The standard InChI is InChI=1S/C26H27N7O3/c1-17-23-18(2)33(20-6-4-3-5-7-20)30-24(23)25(29-28-17)31-10-12-32(13-11-31)26(34)27-19-8-9-21-22(16-19)36-15-14-35-21/h3-9,16H,10-15H2,1-2H3,(H,27,34).